The molecule has 0 spiro atoms. The van der Waals surface area contributed by atoms with Gasteiger partial charge >= 0.3 is 0 Å². The Balaban J connectivity index is 1.17. The number of aromatic nitrogens is 2. The Kier molecular flexibility index (Phi) is 6.33. The quantitative estimate of drug-likeness (QED) is 0.658. The molecule has 0 bridgehead atoms. The zero-order valence-electron chi connectivity index (χ0n) is 19.0. The van der Waals surface area contributed by atoms with Gasteiger partial charge in [-0.15, -0.1) is 11.8 Å². The maximum atomic E-state index is 13.0. The first-order chi connectivity index (χ1) is 16.6. The van der Waals surface area contributed by atoms with Crippen molar-refractivity contribution in [3.8, 4) is 11.8 Å². The van der Waals surface area contributed by atoms with Crippen molar-refractivity contribution in [3.63, 3.8) is 0 Å². The highest BCUT2D eigenvalue weighted by Crippen LogP contribution is 2.49. The first kappa shape index (κ1) is 22.5. The molecule has 3 aliphatic rings. The lowest BCUT2D eigenvalue weighted by Crippen LogP contribution is -2.38. The summed E-state index contributed by atoms with van der Waals surface area (Å²) in [7, 11) is 1.64. The molecule has 4 unspecified atom stereocenters. The van der Waals surface area contributed by atoms with Gasteiger partial charge in [-0.3, -0.25) is 9.59 Å². The molecule has 1 aliphatic carbocycles. The van der Waals surface area contributed by atoms with Gasteiger partial charge in [0.25, 0.3) is 0 Å². The summed E-state index contributed by atoms with van der Waals surface area (Å²) in [5.74, 6) is 0.653. The maximum absolute atomic E-state index is 13.0. The molecule has 3 heterocycles. The van der Waals surface area contributed by atoms with Crippen molar-refractivity contribution in [1.82, 2.24) is 19.8 Å². The van der Waals surface area contributed by atoms with Crippen LogP contribution in [0.3, 0.4) is 0 Å². The second-order valence-corrected chi connectivity index (χ2v) is 10.2. The van der Waals surface area contributed by atoms with E-state index >= 15 is 0 Å². The van der Waals surface area contributed by atoms with Gasteiger partial charge in [0.15, 0.2) is 0 Å². The standard InChI is InChI=1S/C25H27N5O3S/c1-33-17-4-2-3-16(11-17)19-12-20(19)24(32)28-25-21(13-26)18-5-9-30(14-22(18)34-25)23(31)6-8-29-10-7-27-15-29/h2-4,7,10-11,15,19-21,25H,5-6,8-9,12,14H2,1H3,(H,28,32). The van der Waals surface area contributed by atoms with E-state index in [4.69, 9.17) is 4.74 Å². The van der Waals surface area contributed by atoms with Crippen LogP contribution in [0.1, 0.15) is 30.7 Å². The van der Waals surface area contributed by atoms with Crippen LogP contribution in [-0.4, -0.2) is 51.8 Å². The summed E-state index contributed by atoms with van der Waals surface area (Å²) < 4.78 is 7.19. The Hall–Kier alpha value is -3.25. The third-order valence-corrected chi connectivity index (χ3v) is 8.18. The highest BCUT2D eigenvalue weighted by atomic mass is 32.2. The van der Waals surface area contributed by atoms with Crippen LogP contribution in [0.5, 0.6) is 5.75 Å². The Morgan fingerprint density at radius 3 is 3.03 bits per heavy atom. The fraction of sp³-hybridized carbons (Fsp3) is 0.440. The number of amides is 2. The van der Waals surface area contributed by atoms with Crippen molar-refractivity contribution in [2.24, 2.45) is 11.8 Å². The number of methoxy groups -OCH3 is 1. The fourth-order valence-electron chi connectivity index (χ4n) is 4.84. The number of hydrogen-bond donors (Lipinski definition) is 1. The van der Waals surface area contributed by atoms with Gasteiger partial charge in [-0.1, -0.05) is 12.1 Å². The minimum Gasteiger partial charge on any atom is -0.497 e. The van der Waals surface area contributed by atoms with Crippen LogP contribution in [0, 0.1) is 23.2 Å². The number of hydrogen-bond acceptors (Lipinski definition) is 6. The first-order valence-electron chi connectivity index (χ1n) is 11.5. The van der Waals surface area contributed by atoms with Gasteiger partial charge in [0.2, 0.25) is 11.8 Å². The Bertz CT molecular complexity index is 1160. The fourth-order valence-corrected chi connectivity index (χ4v) is 6.29. The van der Waals surface area contributed by atoms with Crippen molar-refractivity contribution in [2.75, 3.05) is 20.2 Å². The molecule has 34 heavy (non-hydrogen) atoms. The highest BCUT2D eigenvalue weighted by molar-refractivity contribution is 8.04. The summed E-state index contributed by atoms with van der Waals surface area (Å²) in [6.07, 6.45) is 7.16. The van der Waals surface area contributed by atoms with Crippen molar-refractivity contribution in [3.05, 3.63) is 59.0 Å². The van der Waals surface area contributed by atoms with Gasteiger partial charge in [-0.2, -0.15) is 5.26 Å². The molecular weight excluding hydrogens is 450 g/mol. The summed E-state index contributed by atoms with van der Waals surface area (Å²) in [4.78, 5) is 32.6. The molecule has 0 radical (unpaired) electrons. The molecule has 5 rings (SSSR count). The smallest absolute Gasteiger partial charge is 0.224 e. The van der Waals surface area contributed by atoms with Gasteiger partial charge < -0.3 is 19.5 Å². The molecular formula is C25H27N5O3S. The number of carbonyl (C=O) groups excluding carboxylic acids is 2. The van der Waals surface area contributed by atoms with Gasteiger partial charge in [-0.25, -0.2) is 4.98 Å². The normalized spacial score (nSPS) is 25.5. The predicted molar refractivity (Wildman–Crippen MR) is 128 cm³/mol. The molecule has 1 N–H and O–H groups in total. The van der Waals surface area contributed by atoms with E-state index in [-0.39, 0.29) is 34.9 Å². The highest BCUT2D eigenvalue weighted by Gasteiger charge is 2.47. The Morgan fingerprint density at radius 1 is 1.38 bits per heavy atom. The lowest BCUT2D eigenvalue weighted by atomic mass is 9.94. The van der Waals surface area contributed by atoms with Crippen LogP contribution in [0.2, 0.25) is 0 Å². The SMILES string of the molecule is COc1cccc(C2CC2C(=O)NC2SC3=C(CCN(C(=O)CCn4ccnc4)C3)C2C#N)c1. The van der Waals surface area contributed by atoms with Crippen molar-refractivity contribution < 1.29 is 14.3 Å². The van der Waals surface area contributed by atoms with Crippen LogP contribution < -0.4 is 10.1 Å². The molecule has 2 aromatic rings. The zero-order chi connectivity index (χ0) is 23.7. The minimum absolute atomic E-state index is 0.00122. The topological polar surface area (TPSA) is 100 Å². The van der Waals surface area contributed by atoms with E-state index in [1.54, 1.807) is 19.6 Å². The van der Waals surface area contributed by atoms with Gasteiger partial charge in [0, 0.05) is 42.7 Å². The number of nitriles is 1. The molecule has 0 saturated heterocycles. The van der Waals surface area contributed by atoms with E-state index in [0.29, 0.717) is 32.5 Å². The van der Waals surface area contributed by atoms with Crippen LogP contribution in [0.4, 0.5) is 0 Å². The lowest BCUT2D eigenvalue weighted by Gasteiger charge is -2.28. The second-order valence-electron chi connectivity index (χ2n) is 8.94. The average molecular weight is 478 g/mol. The number of thioether (sulfide) groups is 1. The van der Waals surface area contributed by atoms with E-state index in [2.05, 4.69) is 16.4 Å². The summed E-state index contributed by atoms with van der Waals surface area (Å²) in [6, 6.07) is 10.3. The number of carbonyl (C=O) groups is 2. The number of nitrogens with zero attached hydrogens (tertiary/aromatic N) is 4. The molecule has 2 aliphatic heterocycles. The largest absolute Gasteiger partial charge is 0.497 e. The third-order valence-electron chi connectivity index (χ3n) is 6.86. The van der Waals surface area contributed by atoms with E-state index in [1.165, 1.54) is 11.8 Å². The van der Waals surface area contributed by atoms with E-state index in [9.17, 15) is 14.9 Å². The Labute approximate surface area is 203 Å². The van der Waals surface area contributed by atoms with Gasteiger partial charge in [-0.05, 0) is 42.0 Å². The summed E-state index contributed by atoms with van der Waals surface area (Å²) >= 11 is 1.54. The minimum atomic E-state index is -0.346. The molecule has 4 atom stereocenters. The summed E-state index contributed by atoms with van der Waals surface area (Å²) in [5.41, 5.74) is 2.19. The van der Waals surface area contributed by atoms with Gasteiger partial charge in [0.05, 0.1) is 37.3 Å². The first-order valence-corrected chi connectivity index (χ1v) is 12.4. The predicted octanol–water partition coefficient (Wildman–Crippen LogP) is 2.90. The number of ether oxygens (including phenoxy) is 1. The number of imidazole rings is 1. The van der Waals surface area contributed by atoms with Crippen LogP contribution in [-0.2, 0) is 16.1 Å². The number of aryl methyl sites for hydroxylation is 1. The molecule has 176 valence electrons. The van der Waals surface area contributed by atoms with E-state index in [0.717, 1.165) is 28.2 Å². The van der Waals surface area contributed by atoms with Crippen molar-refractivity contribution in [2.45, 2.75) is 37.1 Å². The van der Waals surface area contributed by atoms with E-state index in [1.807, 2.05) is 39.9 Å². The zero-order valence-corrected chi connectivity index (χ0v) is 19.8. The number of benzene rings is 1. The van der Waals surface area contributed by atoms with Crippen molar-refractivity contribution in [1.29, 1.82) is 5.26 Å². The van der Waals surface area contributed by atoms with Crippen molar-refractivity contribution >= 4 is 23.6 Å². The molecule has 1 aromatic carbocycles. The second kappa shape index (κ2) is 9.55. The van der Waals surface area contributed by atoms with Crippen LogP contribution in [0.15, 0.2) is 53.5 Å². The Morgan fingerprint density at radius 2 is 2.26 bits per heavy atom. The molecule has 8 nitrogen and oxygen atoms in total. The maximum Gasteiger partial charge on any atom is 0.224 e. The number of nitrogens with one attached hydrogen (secondary N) is 1. The average Bonchev–Trinajstić information content (AvgIpc) is 3.35. The molecule has 1 saturated carbocycles. The molecule has 1 fully saturated rings. The van der Waals surface area contributed by atoms with Crippen LogP contribution in [0.25, 0.3) is 0 Å². The van der Waals surface area contributed by atoms with E-state index < -0.39 is 0 Å². The van der Waals surface area contributed by atoms with Crippen LogP contribution >= 0.6 is 11.8 Å². The third kappa shape index (κ3) is 4.55. The summed E-state index contributed by atoms with van der Waals surface area (Å²) in [6.45, 7) is 1.73. The monoisotopic (exact) mass is 477 g/mol. The molecule has 9 heteroatoms. The summed E-state index contributed by atoms with van der Waals surface area (Å²) in [5, 5.41) is 12.7. The molecule has 1 aromatic heterocycles. The van der Waals surface area contributed by atoms with Gasteiger partial charge in [0.1, 0.15) is 5.75 Å². The lowest BCUT2D eigenvalue weighted by molar-refractivity contribution is -0.131. The molecule has 2 amide bonds. The number of rotatable bonds is 7.